The van der Waals surface area contributed by atoms with Gasteiger partial charge in [-0.15, -0.1) is 0 Å². The number of benzene rings is 1. The molecule has 8 nitrogen and oxygen atoms in total. The number of nitrogens with zero attached hydrogens (tertiary/aromatic N) is 3. The average molecular weight is 469 g/mol. The van der Waals surface area contributed by atoms with Crippen LogP contribution in [0.2, 0.25) is 0 Å². The van der Waals surface area contributed by atoms with Crippen molar-refractivity contribution in [3.8, 4) is 0 Å². The molecule has 0 radical (unpaired) electrons. The quantitative estimate of drug-likeness (QED) is 0.487. The summed E-state index contributed by atoms with van der Waals surface area (Å²) in [4.78, 5) is 29.7. The van der Waals surface area contributed by atoms with E-state index in [1.165, 1.54) is 0 Å². The van der Waals surface area contributed by atoms with Gasteiger partial charge in [0.2, 0.25) is 5.91 Å². The fraction of sp³-hybridized carbons (Fsp3) is 0.538. The Hall–Kier alpha value is -2.84. The second kappa shape index (κ2) is 10.2. The van der Waals surface area contributed by atoms with Crippen LogP contribution in [0, 0.1) is 5.92 Å². The Bertz CT molecular complexity index is 999. The van der Waals surface area contributed by atoms with Crippen LogP contribution in [-0.4, -0.2) is 54.0 Å². The summed E-state index contributed by atoms with van der Waals surface area (Å²) in [7, 11) is 0. The van der Waals surface area contributed by atoms with Gasteiger partial charge in [0, 0.05) is 23.7 Å². The Labute approximate surface area is 201 Å². The van der Waals surface area contributed by atoms with Crippen molar-refractivity contribution in [1.29, 1.82) is 0 Å². The average Bonchev–Trinajstić information content (AvgIpc) is 3.64. The molecule has 0 unspecified atom stereocenters. The minimum Gasteiger partial charge on any atom is -0.446 e. The van der Waals surface area contributed by atoms with Crippen LogP contribution in [-0.2, 0) is 9.53 Å². The molecule has 184 valence electrons. The first-order valence-corrected chi connectivity index (χ1v) is 12.3. The molecule has 2 amide bonds. The van der Waals surface area contributed by atoms with Crippen LogP contribution in [0.3, 0.4) is 0 Å². The molecule has 0 bridgehead atoms. The van der Waals surface area contributed by atoms with E-state index >= 15 is 0 Å². The Morgan fingerprint density at radius 2 is 2.03 bits per heavy atom. The molecule has 0 saturated heterocycles. The Kier molecular flexibility index (Phi) is 7.28. The van der Waals surface area contributed by atoms with Gasteiger partial charge >= 0.3 is 6.09 Å². The summed E-state index contributed by atoms with van der Waals surface area (Å²) < 4.78 is 5.55. The van der Waals surface area contributed by atoms with E-state index < -0.39 is 6.09 Å². The lowest BCUT2D eigenvalue weighted by molar-refractivity contribution is -0.120. The number of anilines is 2. The van der Waals surface area contributed by atoms with Crippen LogP contribution >= 0.6 is 0 Å². The Balaban J connectivity index is 1.81. The zero-order valence-corrected chi connectivity index (χ0v) is 20.4. The number of amides is 2. The molecule has 0 spiro atoms. The number of aliphatic hydroxyl groups is 1. The molecule has 4 rings (SSSR count). The van der Waals surface area contributed by atoms with E-state index in [1.54, 1.807) is 9.91 Å². The normalized spacial score (nSPS) is 20.4. The van der Waals surface area contributed by atoms with Crippen molar-refractivity contribution >= 4 is 28.9 Å². The number of hydrazine groups is 1. The van der Waals surface area contributed by atoms with E-state index in [-0.39, 0.29) is 30.6 Å². The van der Waals surface area contributed by atoms with Crippen molar-refractivity contribution in [3.05, 3.63) is 41.6 Å². The number of allylic oxidation sites excluding steroid dienone is 4. The highest BCUT2D eigenvalue weighted by Crippen LogP contribution is 2.42. The topological polar surface area (TPSA) is 99.3 Å². The van der Waals surface area contributed by atoms with Gasteiger partial charge in [-0.3, -0.25) is 9.69 Å². The molecule has 2 aliphatic carbocycles. The first-order valence-electron chi connectivity index (χ1n) is 12.3. The molecular formula is C26H36N4O4. The summed E-state index contributed by atoms with van der Waals surface area (Å²) in [5, 5.41) is 11.0. The van der Waals surface area contributed by atoms with Crippen molar-refractivity contribution in [2.75, 3.05) is 29.5 Å². The van der Waals surface area contributed by atoms with Crippen molar-refractivity contribution in [1.82, 2.24) is 5.01 Å². The number of carbonyl (C=O) groups excluding carboxylic acids is 2. The molecule has 8 heteroatoms. The SMILES string of the molecule is CC(C)OC(=O)N1C[C@H](C)N(C(=O)C2CC2)c2ccc(C3=C(N(N)CCO)CCCC=C3)cc21. The standard InChI is InChI=1S/C26H36N4O4/c1-17(2)34-26(33)28-16-18(3)30(25(32)19-9-10-19)23-12-11-20(15-24(23)28)21-7-5-4-6-8-22(21)29(27)13-14-31/h5,7,11-12,15,17-19,31H,4,6,8-10,13-14,16,27H2,1-3H3/t18-/m0/s1. The van der Waals surface area contributed by atoms with Crippen molar-refractivity contribution in [2.45, 2.75) is 65.0 Å². The van der Waals surface area contributed by atoms with Gasteiger partial charge in [0.15, 0.2) is 0 Å². The van der Waals surface area contributed by atoms with Gasteiger partial charge in [0.05, 0.1) is 36.7 Å². The number of ether oxygens (including phenoxy) is 1. The molecule has 3 N–H and O–H groups in total. The molecule has 0 aromatic heterocycles. The first-order chi connectivity index (χ1) is 16.3. The molecule has 1 fully saturated rings. The van der Waals surface area contributed by atoms with Gasteiger partial charge in [-0.1, -0.05) is 18.2 Å². The van der Waals surface area contributed by atoms with E-state index in [0.717, 1.165) is 54.6 Å². The van der Waals surface area contributed by atoms with Crippen LogP contribution in [0.1, 0.15) is 58.4 Å². The minimum atomic E-state index is -0.412. The maximum Gasteiger partial charge on any atom is 0.414 e. The number of carbonyl (C=O) groups is 2. The molecule has 1 saturated carbocycles. The molecule has 3 aliphatic rings. The lowest BCUT2D eigenvalue weighted by atomic mass is 9.98. The third kappa shape index (κ3) is 4.98. The van der Waals surface area contributed by atoms with Crippen LogP contribution in [0.5, 0.6) is 0 Å². The molecule has 1 aliphatic heterocycles. The summed E-state index contributed by atoms with van der Waals surface area (Å²) in [5.74, 6) is 6.49. The zero-order chi connectivity index (χ0) is 24.4. The van der Waals surface area contributed by atoms with Crippen LogP contribution in [0.4, 0.5) is 16.2 Å². The van der Waals surface area contributed by atoms with E-state index in [1.807, 2.05) is 43.9 Å². The summed E-state index contributed by atoms with van der Waals surface area (Å²) in [5.41, 5.74) is 4.24. The largest absolute Gasteiger partial charge is 0.446 e. The van der Waals surface area contributed by atoms with Gasteiger partial charge in [-0.25, -0.2) is 10.6 Å². The van der Waals surface area contributed by atoms with Gasteiger partial charge in [-0.05, 0) is 70.6 Å². The number of hydrogen-bond acceptors (Lipinski definition) is 6. The fourth-order valence-electron chi connectivity index (χ4n) is 4.72. The summed E-state index contributed by atoms with van der Waals surface area (Å²) in [6, 6.07) is 5.75. The predicted molar refractivity (Wildman–Crippen MR) is 133 cm³/mol. The maximum atomic E-state index is 13.2. The molecule has 1 aromatic rings. The molecule has 1 heterocycles. The highest BCUT2D eigenvalue weighted by molar-refractivity contribution is 6.05. The van der Waals surface area contributed by atoms with Gasteiger partial charge in [-0.2, -0.15) is 0 Å². The van der Waals surface area contributed by atoms with E-state index in [0.29, 0.717) is 18.8 Å². The lowest BCUT2D eigenvalue weighted by Crippen LogP contribution is -2.52. The third-order valence-electron chi connectivity index (χ3n) is 6.51. The molecule has 1 atom stereocenters. The number of fused-ring (bicyclic) bond motifs is 1. The van der Waals surface area contributed by atoms with Crippen molar-refractivity contribution in [3.63, 3.8) is 0 Å². The number of nitrogens with two attached hydrogens (primary N) is 1. The van der Waals surface area contributed by atoms with E-state index in [9.17, 15) is 14.7 Å². The second-order valence-electron chi connectivity index (χ2n) is 9.65. The predicted octanol–water partition coefficient (Wildman–Crippen LogP) is 3.80. The lowest BCUT2D eigenvalue weighted by Gasteiger charge is -2.41. The smallest absolute Gasteiger partial charge is 0.414 e. The Morgan fingerprint density at radius 3 is 2.71 bits per heavy atom. The molecule has 1 aromatic carbocycles. The van der Waals surface area contributed by atoms with Gasteiger partial charge in [0.1, 0.15) is 0 Å². The van der Waals surface area contributed by atoms with Crippen LogP contribution in [0.25, 0.3) is 5.57 Å². The summed E-state index contributed by atoms with van der Waals surface area (Å²) in [6.07, 6.45) is 8.08. The fourth-order valence-corrected chi connectivity index (χ4v) is 4.72. The van der Waals surface area contributed by atoms with E-state index in [4.69, 9.17) is 10.6 Å². The maximum absolute atomic E-state index is 13.2. The van der Waals surface area contributed by atoms with Crippen molar-refractivity contribution in [2.24, 2.45) is 11.8 Å². The minimum absolute atomic E-state index is 0.0356. The number of aliphatic hydroxyl groups excluding tert-OH is 1. The summed E-state index contributed by atoms with van der Waals surface area (Å²) in [6.45, 7) is 6.31. The second-order valence-corrected chi connectivity index (χ2v) is 9.65. The highest BCUT2D eigenvalue weighted by Gasteiger charge is 2.41. The van der Waals surface area contributed by atoms with Crippen molar-refractivity contribution < 1.29 is 19.4 Å². The van der Waals surface area contributed by atoms with Crippen LogP contribution in [0.15, 0.2) is 36.0 Å². The van der Waals surface area contributed by atoms with E-state index in [2.05, 4.69) is 12.2 Å². The third-order valence-corrected chi connectivity index (χ3v) is 6.51. The number of hydrogen-bond donors (Lipinski definition) is 2. The zero-order valence-electron chi connectivity index (χ0n) is 20.4. The summed E-state index contributed by atoms with van der Waals surface area (Å²) >= 11 is 0. The molecular weight excluding hydrogens is 432 g/mol. The first kappa shape index (κ1) is 24.3. The number of rotatable bonds is 6. The Morgan fingerprint density at radius 1 is 1.26 bits per heavy atom. The highest BCUT2D eigenvalue weighted by atomic mass is 16.6. The van der Waals surface area contributed by atoms with Gasteiger partial charge in [0.25, 0.3) is 0 Å². The van der Waals surface area contributed by atoms with Crippen LogP contribution < -0.4 is 15.6 Å². The van der Waals surface area contributed by atoms with Gasteiger partial charge < -0.3 is 19.8 Å². The molecule has 34 heavy (non-hydrogen) atoms. The monoisotopic (exact) mass is 468 g/mol.